The van der Waals surface area contributed by atoms with Crippen LogP contribution in [0.15, 0.2) is 54.6 Å². The Morgan fingerprint density at radius 1 is 1.03 bits per heavy atom. The van der Waals surface area contributed by atoms with E-state index in [9.17, 15) is 18.0 Å². The summed E-state index contributed by atoms with van der Waals surface area (Å²) in [5, 5.41) is 2.64. The molecule has 0 aliphatic rings. The molecule has 8 nitrogen and oxygen atoms in total. The molecule has 0 radical (unpaired) electrons. The molecular weight excluding hydrogens is 454 g/mol. The molecule has 1 N–H and O–H groups in total. The van der Waals surface area contributed by atoms with E-state index >= 15 is 0 Å². The second-order valence-electron chi connectivity index (χ2n) is 7.88. The van der Waals surface area contributed by atoms with Crippen LogP contribution >= 0.6 is 0 Å². The maximum atomic E-state index is 13.3. The summed E-state index contributed by atoms with van der Waals surface area (Å²) in [7, 11) is -2.05. The molecule has 0 unspecified atom stereocenters. The van der Waals surface area contributed by atoms with Crippen molar-refractivity contribution in [3.05, 3.63) is 60.2 Å². The van der Waals surface area contributed by atoms with Gasteiger partial charge in [-0.2, -0.15) is 0 Å². The van der Waals surface area contributed by atoms with Crippen molar-refractivity contribution in [2.24, 2.45) is 0 Å². The fourth-order valence-corrected chi connectivity index (χ4v) is 4.76. The number of likely N-dealkylation sites (N-methyl/N-ethyl adjacent to an activating group) is 1. The van der Waals surface area contributed by atoms with Crippen molar-refractivity contribution in [3.8, 4) is 5.75 Å². The predicted octanol–water partition coefficient (Wildman–Crippen LogP) is 3.18. The third-order valence-corrected chi connectivity index (χ3v) is 6.59. The average Bonchev–Trinajstić information content (AvgIpc) is 2.82. The van der Waals surface area contributed by atoms with Gasteiger partial charge in [-0.15, -0.1) is 0 Å². The largest absolute Gasteiger partial charge is 0.492 e. The summed E-state index contributed by atoms with van der Waals surface area (Å²) in [6.07, 6.45) is 2.00. The van der Waals surface area contributed by atoms with E-state index in [2.05, 4.69) is 5.32 Å². The maximum Gasteiger partial charge on any atom is 0.242 e. The second kappa shape index (κ2) is 13.0. The van der Waals surface area contributed by atoms with Gasteiger partial charge in [0.1, 0.15) is 11.8 Å². The normalized spacial score (nSPS) is 12.0. The van der Waals surface area contributed by atoms with E-state index in [-0.39, 0.29) is 24.8 Å². The molecule has 2 aromatic rings. The van der Waals surface area contributed by atoms with Crippen LogP contribution in [0.1, 0.15) is 38.7 Å². The van der Waals surface area contributed by atoms with Crippen molar-refractivity contribution < 1.29 is 22.7 Å². The molecule has 0 heterocycles. The minimum Gasteiger partial charge on any atom is -0.492 e. The molecular formula is C25H35N3O5S. The van der Waals surface area contributed by atoms with Crippen LogP contribution in [0.25, 0.3) is 0 Å². The van der Waals surface area contributed by atoms with Crippen LogP contribution < -0.4 is 14.4 Å². The molecule has 2 amide bonds. The molecule has 0 saturated heterocycles. The topological polar surface area (TPSA) is 96.0 Å². The Bertz CT molecular complexity index is 1040. The molecule has 0 aliphatic carbocycles. The van der Waals surface area contributed by atoms with E-state index < -0.39 is 16.1 Å². The van der Waals surface area contributed by atoms with Crippen molar-refractivity contribution in [2.75, 3.05) is 30.8 Å². The van der Waals surface area contributed by atoms with Gasteiger partial charge in [-0.25, -0.2) is 8.42 Å². The molecule has 0 fully saturated rings. The molecule has 0 aliphatic heterocycles. The Hall–Kier alpha value is -3.07. The number of carbonyl (C=O) groups is 2. The van der Waals surface area contributed by atoms with E-state index in [1.54, 1.807) is 36.2 Å². The van der Waals surface area contributed by atoms with E-state index in [0.717, 1.165) is 11.8 Å². The first-order valence-electron chi connectivity index (χ1n) is 11.5. The number of hydrogen-bond donors (Lipinski definition) is 1. The van der Waals surface area contributed by atoms with Crippen LogP contribution in [0.2, 0.25) is 0 Å². The first kappa shape index (κ1) is 27.2. The third-order valence-electron chi connectivity index (χ3n) is 5.41. The molecule has 2 rings (SSSR count). The zero-order valence-corrected chi connectivity index (χ0v) is 21.2. The number of carbonyl (C=O) groups excluding carboxylic acids is 2. The number of para-hydroxylation sites is 2. The average molecular weight is 490 g/mol. The molecule has 186 valence electrons. The summed E-state index contributed by atoms with van der Waals surface area (Å²) in [5.41, 5.74) is 1.36. The van der Waals surface area contributed by atoms with Crippen molar-refractivity contribution in [3.63, 3.8) is 0 Å². The minimum atomic E-state index is -3.60. The summed E-state index contributed by atoms with van der Waals surface area (Å²) in [5.74, 6) is 0.0409. The van der Waals surface area contributed by atoms with Gasteiger partial charge in [0, 0.05) is 26.6 Å². The SMILES string of the molecule is CCOc1ccccc1N(CCCC(=O)N(Cc1ccccc1)[C@@H](CC)C(=O)NC)S(C)(=O)=O. The first-order chi connectivity index (χ1) is 16.2. The molecule has 0 saturated carbocycles. The molecule has 0 bridgehead atoms. The Balaban J connectivity index is 2.20. The number of hydrogen-bond acceptors (Lipinski definition) is 5. The van der Waals surface area contributed by atoms with Gasteiger partial charge in [-0.3, -0.25) is 13.9 Å². The van der Waals surface area contributed by atoms with Crippen LogP contribution in [-0.2, 0) is 26.2 Å². The van der Waals surface area contributed by atoms with Gasteiger partial charge in [0.2, 0.25) is 21.8 Å². The lowest BCUT2D eigenvalue weighted by Crippen LogP contribution is -2.48. The van der Waals surface area contributed by atoms with Crippen LogP contribution in [0.5, 0.6) is 5.75 Å². The number of ether oxygens (including phenoxy) is 1. The maximum absolute atomic E-state index is 13.3. The lowest BCUT2D eigenvalue weighted by atomic mass is 10.1. The summed E-state index contributed by atoms with van der Waals surface area (Å²) in [6.45, 7) is 4.51. The van der Waals surface area contributed by atoms with Crippen molar-refractivity contribution >= 4 is 27.5 Å². The van der Waals surface area contributed by atoms with Crippen LogP contribution in [0.4, 0.5) is 5.69 Å². The van der Waals surface area contributed by atoms with E-state index in [0.29, 0.717) is 37.4 Å². The zero-order chi connectivity index (χ0) is 25.1. The number of anilines is 1. The van der Waals surface area contributed by atoms with E-state index in [4.69, 9.17) is 4.74 Å². The molecule has 2 aromatic carbocycles. The number of rotatable bonds is 13. The minimum absolute atomic E-state index is 0.100. The Morgan fingerprint density at radius 2 is 1.68 bits per heavy atom. The Labute approximate surface area is 202 Å². The van der Waals surface area contributed by atoms with Gasteiger partial charge in [0.05, 0.1) is 18.6 Å². The highest BCUT2D eigenvalue weighted by Gasteiger charge is 2.28. The van der Waals surface area contributed by atoms with Crippen molar-refractivity contribution in [1.29, 1.82) is 0 Å². The van der Waals surface area contributed by atoms with Gasteiger partial charge in [0.15, 0.2) is 0 Å². The number of sulfonamides is 1. The number of nitrogens with one attached hydrogen (secondary N) is 1. The predicted molar refractivity (Wildman–Crippen MR) is 134 cm³/mol. The Morgan fingerprint density at radius 3 is 2.26 bits per heavy atom. The quantitative estimate of drug-likeness (QED) is 0.466. The van der Waals surface area contributed by atoms with Crippen molar-refractivity contribution in [1.82, 2.24) is 10.2 Å². The Kier molecular flexibility index (Phi) is 10.4. The van der Waals surface area contributed by atoms with E-state index in [1.807, 2.05) is 44.2 Å². The lowest BCUT2D eigenvalue weighted by Gasteiger charge is -2.31. The van der Waals surface area contributed by atoms with E-state index in [1.165, 1.54) is 4.31 Å². The summed E-state index contributed by atoms with van der Waals surface area (Å²) in [4.78, 5) is 27.3. The van der Waals surface area contributed by atoms with Gasteiger partial charge in [0.25, 0.3) is 0 Å². The first-order valence-corrected chi connectivity index (χ1v) is 13.3. The third kappa shape index (κ3) is 7.48. The number of benzene rings is 2. The summed E-state index contributed by atoms with van der Waals surface area (Å²) >= 11 is 0. The monoisotopic (exact) mass is 489 g/mol. The molecule has 0 aromatic heterocycles. The highest BCUT2D eigenvalue weighted by Crippen LogP contribution is 2.30. The molecule has 1 atom stereocenters. The van der Waals surface area contributed by atoms with Gasteiger partial charge >= 0.3 is 0 Å². The van der Waals surface area contributed by atoms with Crippen molar-refractivity contribution in [2.45, 2.75) is 45.7 Å². The van der Waals surface area contributed by atoms with Gasteiger partial charge in [-0.1, -0.05) is 49.4 Å². The standard InChI is InChI=1S/C25H35N3O5S/c1-5-21(25(30)26-3)27(19-20-13-8-7-9-14-20)24(29)17-12-18-28(34(4,31)32)22-15-10-11-16-23(22)33-6-2/h7-11,13-16,21H,5-6,12,17-19H2,1-4H3,(H,26,30)/t21-/m0/s1. The highest BCUT2D eigenvalue weighted by atomic mass is 32.2. The van der Waals surface area contributed by atoms with Crippen LogP contribution in [0, 0.1) is 0 Å². The molecule has 9 heteroatoms. The lowest BCUT2D eigenvalue weighted by molar-refractivity contribution is -0.141. The number of nitrogens with zero attached hydrogens (tertiary/aromatic N) is 2. The fraction of sp³-hybridized carbons (Fsp3) is 0.440. The second-order valence-corrected chi connectivity index (χ2v) is 9.79. The molecule has 0 spiro atoms. The fourth-order valence-electron chi connectivity index (χ4n) is 3.79. The van der Waals surface area contributed by atoms with Gasteiger partial charge in [-0.05, 0) is 37.5 Å². The highest BCUT2D eigenvalue weighted by molar-refractivity contribution is 7.92. The van der Waals surface area contributed by atoms with Crippen LogP contribution in [0.3, 0.4) is 0 Å². The summed E-state index contributed by atoms with van der Waals surface area (Å²) in [6, 6.07) is 15.8. The summed E-state index contributed by atoms with van der Waals surface area (Å²) < 4.78 is 32.0. The van der Waals surface area contributed by atoms with Crippen LogP contribution in [-0.4, -0.2) is 57.6 Å². The zero-order valence-electron chi connectivity index (χ0n) is 20.4. The molecule has 34 heavy (non-hydrogen) atoms. The number of amides is 2. The van der Waals surface area contributed by atoms with Gasteiger partial charge < -0.3 is 15.0 Å². The smallest absolute Gasteiger partial charge is 0.242 e.